The third-order valence-corrected chi connectivity index (χ3v) is 3.14. The number of nitrogens with one attached hydrogen (secondary N) is 1. The molecule has 0 radical (unpaired) electrons. The molecule has 0 saturated carbocycles. The Hall–Kier alpha value is -1.07. The van der Waals surface area contributed by atoms with Gasteiger partial charge < -0.3 is 15.0 Å². The summed E-state index contributed by atoms with van der Waals surface area (Å²) in [6.07, 6.45) is 0. The van der Waals surface area contributed by atoms with Crippen molar-refractivity contribution < 1.29 is 4.74 Å². The fourth-order valence-electron chi connectivity index (χ4n) is 1.18. The maximum atomic E-state index is 5.24. The van der Waals surface area contributed by atoms with Crippen molar-refractivity contribution in [2.75, 3.05) is 32.6 Å². The van der Waals surface area contributed by atoms with Gasteiger partial charge in [0.1, 0.15) is 0 Å². The lowest BCUT2D eigenvalue weighted by Crippen LogP contribution is -2.14. The molecule has 1 heterocycles. The van der Waals surface area contributed by atoms with E-state index in [-0.39, 0.29) is 0 Å². The van der Waals surface area contributed by atoms with E-state index in [1.54, 1.807) is 18.4 Å². The first kappa shape index (κ1) is 13.0. The minimum Gasteiger partial charge on any atom is -0.480 e. The third-order valence-electron chi connectivity index (χ3n) is 1.94. The SMILES string of the molecule is C=C(C)CNCc1sc(N(C)C)nc1OC. The Morgan fingerprint density at radius 2 is 2.25 bits per heavy atom. The van der Waals surface area contributed by atoms with E-state index < -0.39 is 0 Å². The van der Waals surface area contributed by atoms with Gasteiger partial charge in [-0.25, -0.2) is 0 Å². The van der Waals surface area contributed by atoms with Gasteiger partial charge in [-0.15, -0.1) is 0 Å². The lowest BCUT2D eigenvalue weighted by molar-refractivity contribution is 0.395. The van der Waals surface area contributed by atoms with Crippen LogP contribution in [-0.4, -0.2) is 32.7 Å². The van der Waals surface area contributed by atoms with Crippen LogP contribution in [0.3, 0.4) is 0 Å². The highest BCUT2D eigenvalue weighted by Crippen LogP contribution is 2.30. The normalized spacial score (nSPS) is 10.2. The standard InChI is InChI=1S/C11H19N3OS/c1-8(2)6-12-7-9-10(15-5)13-11(16-9)14(3)4/h12H,1,6-7H2,2-5H3. The summed E-state index contributed by atoms with van der Waals surface area (Å²) >= 11 is 1.64. The van der Waals surface area contributed by atoms with Crippen LogP contribution in [-0.2, 0) is 6.54 Å². The molecule has 0 fully saturated rings. The first-order valence-electron chi connectivity index (χ1n) is 5.10. The van der Waals surface area contributed by atoms with E-state index in [0.29, 0.717) is 5.88 Å². The van der Waals surface area contributed by atoms with Crippen LogP contribution in [0.2, 0.25) is 0 Å². The lowest BCUT2D eigenvalue weighted by atomic mass is 10.3. The molecule has 0 amide bonds. The molecule has 0 aliphatic carbocycles. The van der Waals surface area contributed by atoms with Gasteiger partial charge in [0.05, 0.1) is 12.0 Å². The smallest absolute Gasteiger partial charge is 0.230 e. The number of thiazole rings is 1. The van der Waals surface area contributed by atoms with Gasteiger partial charge in [-0.1, -0.05) is 23.5 Å². The molecule has 1 aromatic rings. The number of methoxy groups -OCH3 is 1. The van der Waals surface area contributed by atoms with Crippen molar-refractivity contribution in [1.29, 1.82) is 0 Å². The Bertz CT molecular complexity index is 360. The first-order chi connectivity index (χ1) is 7.54. The molecule has 0 aromatic carbocycles. The number of rotatable bonds is 6. The molecule has 1 aromatic heterocycles. The van der Waals surface area contributed by atoms with Gasteiger partial charge in [-0.2, -0.15) is 4.98 Å². The van der Waals surface area contributed by atoms with E-state index >= 15 is 0 Å². The zero-order valence-corrected chi connectivity index (χ0v) is 11.1. The van der Waals surface area contributed by atoms with Crippen molar-refractivity contribution >= 4 is 16.5 Å². The molecule has 5 heteroatoms. The Kier molecular flexibility index (Phi) is 4.76. The topological polar surface area (TPSA) is 37.4 Å². The predicted molar refractivity (Wildman–Crippen MR) is 69.5 cm³/mol. The van der Waals surface area contributed by atoms with Gasteiger partial charge in [-0.05, 0) is 6.92 Å². The molecule has 0 spiro atoms. The Labute approximate surface area is 101 Å². The van der Waals surface area contributed by atoms with Gasteiger partial charge >= 0.3 is 0 Å². The molecule has 1 N–H and O–H groups in total. The molecule has 16 heavy (non-hydrogen) atoms. The van der Waals surface area contributed by atoms with Crippen molar-refractivity contribution in [2.45, 2.75) is 13.5 Å². The average Bonchev–Trinajstić information content (AvgIpc) is 2.60. The highest BCUT2D eigenvalue weighted by atomic mass is 32.1. The molecule has 0 bridgehead atoms. The van der Waals surface area contributed by atoms with E-state index in [2.05, 4.69) is 16.9 Å². The quantitative estimate of drug-likeness (QED) is 0.772. The summed E-state index contributed by atoms with van der Waals surface area (Å²) in [5, 5.41) is 4.26. The fourth-order valence-corrected chi connectivity index (χ4v) is 2.10. The first-order valence-corrected chi connectivity index (χ1v) is 5.92. The molecule has 90 valence electrons. The van der Waals surface area contributed by atoms with Crippen LogP contribution >= 0.6 is 11.3 Å². The fraction of sp³-hybridized carbons (Fsp3) is 0.545. The zero-order valence-electron chi connectivity index (χ0n) is 10.3. The van der Waals surface area contributed by atoms with Crippen molar-refractivity contribution in [3.05, 3.63) is 17.0 Å². The summed E-state index contributed by atoms with van der Waals surface area (Å²) in [6.45, 7) is 7.43. The number of aromatic nitrogens is 1. The van der Waals surface area contributed by atoms with Crippen LogP contribution in [0.5, 0.6) is 5.88 Å². The number of ether oxygens (including phenoxy) is 1. The molecular formula is C11H19N3OS. The van der Waals surface area contributed by atoms with Gasteiger partial charge in [0.25, 0.3) is 0 Å². The second-order valence-corrected chi connectivity index (χ2v) is 4.95. The van der Waals surface area contributed by atoms with Crippen LogP contribution in [0.1, 0.15) is 11.8 Å². The molecule has 0 atom stereocenters. The van der Waals surface area contributed by atoms with Crippen molar-refractivity contribution in [2.24, 2.45) is 0 Å². The minimum absolute atomic E-state index is 0.711. The monoisotopic (exact) mass is 241 g/mol. The minimum atomic E-state index is 0.711. The van der Waals surface area contributed by atoms with E-state index in [0.717, 1.165) is 28.7 Å². The van der Waals surface area contributed by atoms with Crippen LogP contribution in [0.4, 0.5) is 5.13 Å². The molecule has 1 rings (SSSR count). The highest BCUT2D eigenvalue weighted by molar-refractivity contribution is 7.15. The van der Waals surface area contributed by atoms with Crippen LogP contribution in [0.15, 0.2) is 12.2 Å². The summed E-state index contributed by atoms with van der Waals surface area (Å²) in [7, 11) is 5.60. The Morgan fingerprint density at radius 1 is 1.56 bits per heavy atom. The second kappa shape index (κ2) is 5.86. The van der Waals surface area contributed by atoms with Gasteiger partial charge in [0.2, 0.25) is 5.88 Å². The largest absolute Gasteiger partial charge is 0.480 e. The summed E-state index contributed by atoms with van der Waals surface area (Å²) in [5.41, 5.74) is 1.12. The number of hydrogen-bond acceptors (Lipinski definition) is 5. The second-order valence-electron chi connectivity index (χ2n) is 3.88. The Balaban J connectivity index is 2.66. The van der Waals surface area contributed by atoms with E-state index in [9.17, 15) is 0 Å². The number of nitrogens with zero attached hydrogens (tertiary/aromatic N) is 2. The zero-order chi connectivity index (χ0) is 12.1. The van der Waals surface area contributed by atoms with Gasteiger partial charge in [0.15, 0.2) is 5.13 Å². The van der Waals surface area contributed by atoms with E-state index in [4.69, 9.17) is 4.74 Å². The van der Waals surface area contributed by atoms with Gasteiger partial charge in [0, 0.05) is 27.2 Å². The summed E-state index contributed by atoms with van der Waals surface area (Å²) in [4.78, 5) is 7.49. The van der Waals surface area contributed by atoms with Crippen LogP contribution in [0.25, 0.3) is 0 Å². The van der Waals surface area contributed by atoms with Gasteiger partial charge in [-0.3, -0.25) is 0 Å². The highest BCUT2D eigenvalue weighted by Gasteiger charge is 2.12. The number of anilines is 1. The van der Waals surface area contributed by atoms with Crippen molar-refractivity contribution in [3.63, 3.8) is 0 Å². The maximum Gasteiger partial charge on any atom is 0.230 e. The van der Waals surface area contributed by atoms with E-state index in [1.807, 2.05) is 25.9 Å². The van der Waals surface area contributed by atoms with Crippen LogP contribution < -0.4 is 15.0 Å². The molecule has 0 aliphatic rings. The van der Waals surface area contributed by atoms with E-state index in [1.165, 1.54) is 0 Å². The number of hydrogen-bond donors (Lipinski definition) is 1. The van der Waals surface area contributed by atoms with Crippen LogP contribution in [0, 0.1) is 0 Å². The third kappa shape index (κ3) is 3.50. The molecule has 4 nitrogen and oxygen atoms in total. The summed E-state index contributed by atoms with van der Waals surface area (Å²) < 4.78 is 5.24. The molecule has 0 saturated heterocycles. The lowest BCUT2D eigenvalue weighted by Gasteiger charge is -2.05. The molecular weight excluding hydrogens is 222 g/mol. The predicted octanol–water partition coefficient (Wildman–Crippen LogP) is 1.88. The van der Waals surface area contributed by atoms with Crippen molar-refractivity contribution in [3.8, 4) is 5.88 Å². The summed E-state index contributed by atoms with van der Waals surface area (Å²) in [6, 6.07) is 0. The molecule has 0 aliphatic heterocycles. The molecule has 0 unspecified atom stereocenters. The average molecular weight is 241 g/mol. The summed E-state index contributed by atoms with van der Waals surface area (Å²) in [5.74, 6) is 0.711. The Morgan fingerprint density at radius 3 is 2.75 bits per heavy atom. The van der Waals surface area contributed by atoms with Crippen molar-refractivity contribution in [1.82, 2.24) is 10.3 Å². The maximum absolute atomic E-state index is 5.24.